The van der Waals surface area contributed by atoms with Crippen LogP contribution in [0.3, 0.4) is 0 Å². The van der Waals surface area contributed by atoms with Gasteiger partial charge in [0.15, 0.2) is 5.78 Å². The summed E-state index contributed by atoms with van der Waals surface area (Å²) in [6.45, 7) is 6.76. The third-order valence-electron chi connectivity index (χ3n) is 7.33. The molecule has 2 saturated carbocycles. The molecule has 2 aliphatic carbocycles. The molecule has 0 saturated heterocycles. The van der Waals surface area contributed by atoms with Crippen LogP contribution < -0.4 is 0 Å². The average molecular weight is 378 g/mol. The molecule has 150 valence electrons. The van der Waals surface area contributed by atoms with Crippen molar-refractivity contribution in [3.63, 3.8) is 0 Å². The lowest BCUT2D eigenvalue weighted by Crippen LogP contribution is -2.26. The van der Waals surface area contributed by atoms with Gasteiger partial charge in [-0.3, -0.25) is 9.79 Å². The van der Waals surface area contributed by atoms with E-state index in [0.717, 1.165) is 36.8 Å². The van der Waals surface area contributed by atoms with Crippen LogP contribution >= 0.6 is 0 Å². The SMILES string of the molecule is Cc1ccc(CC(C(=O)C2=CCC=N2)C2C[C@H]3CCC[C@H]3C2)cc1CC(C)C. The summed E-state index contributed by atoms with van der Waals surface area (Å²) in [7, 11) is 0. The molecule has 0 aromatic heterocycles. The van der Waals surface area contributed by atoms with Crippen molar-refractivity contribution in [2.45, 2.75) is 72.1 Å². The number of ketones is 1. The first-order chi connectivity index (χ1) is 13.5. The van der Waals surface area contributed by atoms with Gasteiger partial charge in [0.2, 0.25) is 0 Å². The van der Waals surface area contributed by atoms with E-state index in [4.69, 9.17) is 0 Å². The van der Waals surface area contributed by atoms with E-state index in [-0.39, 0.29) is 5.92 Å². The molecule has 0 amide bonds. The zero-order valence-corrected chi connectivity index (χ0v) is 17.8. The number of Topliss-reactive ketones (excluding diaryl/α,β-unsaturated/α-hetero) is 1. The number of aliphatic imine (C=N–C) groups is 1. The number of rotatable bonds is 7. The summed E-state index contributed by atoms with van der Waals surface area (Å²) < 4.78 is 0. The van der Waals surface area contributed by atoms with E-state index in [0.29, 0.717) is 17.6 Å². The topological polar surface area (TPSA) is 29.4 Å². The third-order valence-corrected chi connectivity index (χ3v) is 7.33. The fraction of sp³-hybridized carbons (Fsp3) is 0.615. The largest absolute Gasteiger partial charge is 0.292 e. The van der Waals surface area contributed by atoms with Crippen LogP contribution in [0.2, 0.25) is 0 Å². The van der Waals surface area contributed by atoms with Crippen molar-refractivity contribution in [3.05, 3.63) is 46.7 Å². The number of carbonyl (C=O) groups excluding carboxylic acids is 1. The first-order valence-electron chi connectivity index (χ1n) is 11.4. The molecule has 2 nitrogen and oxygen atoms in total. The molecule has 0 radical (unpaired) electrons. The van der Waals surface area contributed by atoms with Gasteiger partial charge < -0.3 is 0 Å². The molecule has 1 aromatic carbocycles. The molecule has 1 heterocycles. The summed E-state index contributed by atoms with van der Waals surface area (Å²) in [5.41, 5.74) is 4.87. The first-order valence-corrected chi connectivity index (χ1v) is 11.4. The molecule has 4 atom stereocenters. The summed E-state index contributed by atoms with van der Waals surface area (Å²) in [4.78, 5) is 17.8. The van der Waals surface area contributed by atoms with E-state index in [9.17, 15) is 4.79 Å². The maximum atomic E-state index is 13.4. The summed E-state index contributed by atoms with van der Waals surface area (Å²) in [5.74, 6) is 3.33. The molecular formula is C26H35NO. The van der Waals surface area contributed by atoms with Gasteiger partial charge in [-0.05, 0) is 79.0 Å². The van der Waals surface area contributed by atoms with Crippen molar-refractivity contribution in [1.82, 2.24) is 0 Å². The lowest BCUT2D eigenvalue weighted by Gasteiger charge is -2.24. The minimum Gasteiger partial charge on any atom is -0.292 e. The Balaban J connectivity index is 1.57. The van der Waals surface area contributed by atoms with Crippen molar-refractivity contribution in [2.24, 2.45) is 34.6 Å². The van der Waals surface area contributed by atoms with E-state index in [1.807, 2.05) is 12.3 Å². The zero-order valence-electron chi connectivity index (χ0n) is 17.8. The summed E-state index contributed by atoms with van der Waals surface area (Å²) in [6, 6.07) is 6.88. The number of hydrogen-bond donors (Lipinski definition) is 0. The van der Waals surface area contributed by atoms with Crippen LogP contribution in [0.4, 0.5) is 0 Å². The molecule has 0 bridgehead atoms. The molecule has 1 aliphatic heterocycles. The molecule has 4 rings (SSSR count). The molecule has 2 heteroatoms. The monoisotopic (exact) mass is 377 g/mol. The lowest BCUT2D eigenvalue weighted by molar-refractivity contribution is -0.120. The molecule has 1 aromatic rings. The Hall–Kier alpha value is -1.70. The van der Waals surface area contributed by atoms with Crippen molar-refractivity contribution in [1.29, 1.82) is 0 Å². The van der Waals surface area contributed by atoms with Gasteiger partial charge in [0.25, 0.3) is 0 Å². The van der Waals surface area contributed by atoms with Crippen LogP contribution in [0.5, 0.6) is 0 Å². The van der Waals surface area contributed by atoms with E-state index >= 15 is 0 Å². The Kier molecular flexibility index (Phi) is 5.85. The molecule has 0 N–H and O–H groups in total. The highest BCUT2D eigenvalue weighted by Gasteiger charge is 2.42. The van der Waals surface area contributed by atoms with E-state index in [1.54, 1.807) is 0 Å². The Labute approximate surface area is 170 Å². The Morgan fingerprint density at radius 3 is 2.54 bits per heavy atom. The first kappa shape index (κ1) is 19.6. The molecule has 2 unspecified atom stereocenters. The van der Waals surface area contributed by atoms with Crippen LogP contribution in [0.25, 0.3) is 0 Å². The fourth-order valence-electron chi connectivity index (χ4n) is 5.90. The highest BCUT2D eigenvalue weighted by molar-refractivity contribution is 6.00. The highest BCUT2D eigenvalue weighted by Crippen LogP contribution is 2.50. The van der Waals surface area contributed by atoms with Crippen LogP contribution in [0, 0.1) is 36.5 Å². The van der Waals surface area contributed by atoms with Crippen molar-refractivity contribution in [2.75, 3.05) is 0 Å². The van der Waals surface area contributed by atoms with Gasteiger partial charge >= 0.3 is 0 Å². The summed E-state index contributed by atoms with van der Waals surface area (Å²) in [5, 5.41) is 0. The molecular weight excluding hydrogens is 342 g/mol. The van der Waals surface area contributed by atoms with Crippen LogP contribution in [0.1, 0.15) is 69.1 Å². The normalized spacial score (nSPS) is 27.3. The maximum Gasteiger partial charge on any atom is 0.184 e. The second-order valence-electron chi connectivity index (χ2n) is 9.85. The van der Waals surface area contributed by atoms with E-state index < -0.39 is 0 Å². The van der Waals surface area contributed by atoms with Gasteiger partial charge in [-0.15, -0.1) is 0 Å². The Bertz CT molecular complexity index is 776. The fourth-order valence-corrected chi connectivity index (χ4v) is 5.90. The van der Waals surface area contributed by atoms with Crippen LogP contribution in [-0.4, -0.2) is 12.0 Å². The minimum absolute atomic E-state index is 0.0988. The predicted molar refractivity (Wildman–Crippen MR) is 117 cm³/mol. The second kappa shape index (κ2) is 8.35. The third kappa shape index (κ3) is 4.16. The number of aryl methyl sites for hydroxylation is 1. The summed E-state index contributed by atoms with van der Waals surface area (Å²) >= 11 is 0. The van der Waals surface area contributed by atoms with Gasteiger partial charge in [0.1, 0.15) is 5.70 Å². The Morgan fingerprint density at radius 2 is 1.89 bits per heavy atom. The maximum absolute atomic E-state index is 13.4. The summed E-state index contributed by atoms with van der Waals surface area (Å²) in [6.07, 6.45) is 13.4. The van der Waals surface area contributed by atoms with Crippen molar-refractivity contribution in [3.8, 4) is 0 Å². The number of nitrogens with zero attached hydrogens (tertiary/aromatic N) is 1. The Morgan fingerprint density at radius 1 is 1.14 bits per heavy atom. The van der Waals surface area contributed by atoms with Gasteiger partial charge in [0.05, 0.1) is 0 Å². The zero-order chi connectivity index (χ0) is 19.7. The molecule has 3 aliphatic rings. The van der Waals surface area contributed by atoms with Gasteiger partial charge in [0, 0.05) is 18.6 Å². The highest BCUT2D eigenvalue weighted by atomic mass is 16.1. The molecule has 2 fully saturated rings. The minimum atomic E-state index is 0.0988. The quantitative estimate of drug-likeness (QED) is 0.564. The van der Waals surface area contributed by atoms with Crippen LogP contribution in [0.15, 0.2) is 35.0 Å². The lowest BCUT2D eigenvalue weighted by atomic mass is 9.80. The number of fused-ring (bicyclic) bond motifs is 1. The van der Waals surface area contributed by atoms with Crippen molar-refractivity contribution >= 4 is 12.0 Å². The number of hydrogen-bond acceptors (Lipinski definition) is 2. The predicted octanol–water partition coefficient (Wildman–Crippen LogP) is 6.11. The second-order valence-corrected chi connectivity index (χ2v) is 9.85. The van der Waals surface area contributed by atoms with Gasteiger partial charge in [-0.1, -0.05) is 51.3 Å². The van der Waals surface area contributed by atoms with Gasteiger partial charge in [-0.2, -0.15) is 0 Å². The average Bonchev–Trinajstić information content (AvgIpc) is 3.38. The number of carbonyl (C=O) groups is 1. The number of allylic oxidation sites excluding steroid dienone is 2. The molecule has 0 spiro atoms. The smallest absolute Gasteiger partial charge is 0.184 e. The van der Waals surface area contributed by atoms with Crippen molar-refractivity contribution < 1.29 is 4.79 Å². The van der Waals surface area contributed by atoms with Gasteiger partial charge in [-0.25, -0.2) is 0 Å². The molecule has 28 heavy (non-hydrogen) atoms. The van der Waals surface area contributed by atoms with E-state index in [1.165, 1.54) is 48.8 Å². The van der Waals surface area contributed by atoms with Crippen LogP contribution in [-0.2, 0) is 17.6 Å². The van der Waals surface area contributed by atoms with E-state index in [2.05, 4.69) is 44.0 Å². The number of benzene rings is 1. The standard InChI is InChI=1S/C26H35NO/c1-17(2)12-22-13-19(10-9-18(22)3)14-24(26(28)25-8-5-11-27-25)23-15-20-6-4-7-21(20)16-23/h8-11,13,17,20-21,23-24H,4-7,12,14-16H2,1-3H3/t20-,21+,23?,24?.